The van der Waals surface area contributed by atoms with Crippen molar-refractivity contribution in [2.24, 2.45) is 11.7 Å². The summed E-state index contributed by atoms with van der Waals surface area (Å²) in [4.78, 5) is 35.1. The molecule has 1 aromatic rings. The lowest BCUT2D eigenvalue weighted by atomic mass is 10.1. The van der Waals surface area contributed by atoms with Crippen LogP contribution in [0, 0.1) is 17.6 Å². The van der Waals surface area contributed by atoms with E-state index in [4.69, 9.17) is 5.73 Å². The summed E-state index contributed by atoms with van der Waals surface area (Å²) in [5.74, 6) is -5.54. The molecule has 5 nitrogen and oxygen atoms in total. The molecule has 0 saturated heterocycles. The molecule has 0 fully saturated rings. The van der Waals surface area contributed by atoms with Crippen molar-refractivity contribution < 1.29 is 23.2 Å². The van der Waals surface area contributed by atoms with E-state index in [0.29, 0.717) is 0 Å². The second kappa shape index (κ2) is 4.42. The molecule has 1 atom stereocenters. The largest absolute Gasteiger partial charge is 0.369 e. The minimum Gasteiger partial charge on any atom is -0.369 e. The monoisotopic (exact) mass is 268 g/mol. The summed E-state index contributed by atoms with van der Waals surface area (Å²) < 4.78 is 27.2. The van der Waals surface area contributed by atoms with Crippen LogP contribution in [0.1, 0.15) is 17.3 Å². The van der Waals surface area contributed by atoms with Crippen LogP contribution in [-0.2, 0) is 9.59 Å². The fraction of sp³-hybridized carbons (Fsp3) is 0.250. The molecule has 0 saturated carbocycles. The summed E-state index contributed by atoms with van der Waals surface area (Å²) in [6, 6.07) is 1.60. The van der Waals surface area contributed by atoms with Gasteiger partial charge in [0, 0.05) is 6.54 Å². The molecule has 1 unspecified atom stereocenters. The molecule has 1 aliphatic heterocycles. The van der Waals surface area contributed by atoms with Crippen molar-refractivity contribution in [2.75, 3.05) is 11.4 Å². The van der Waals surface area contributed by atoms with Gasteiger partial charge in [-0.3, -0.25) is 14.4 Å². The zero-order valence-corrected chi connectivity index (χ0v) is 9.94. The maximum atomic E-state index is 13.7. The molecule has 0 aliphatic carbocycles. The first-order valence-corrected chi connectivity index (χ1v) is 5.48. The Labute approximate surface area is 107 Å². The van der Waals surface area contributed by atoms with Gasteiger partial charge in [-0.1, -0.05) is 6.92 Å². The number of hydrogen-bond donors (Lipinski definition) is 1. The van der Waals surface area contributed by atoms with Crippen molar-refractivity contribution in [2.45, 2.75) is 6.92 Å². The van der Waals surface area contributed by atoms with Crippen LogP contribution in [0.25, 0.3) is 0 Å². The van der Waals surface area contributed by atoms with Gasteiger partial charge in [-0.25, -0.2) is 8.78 Å². The zero-order valence-electron chi connectivity index (χ0n) is 9.94. The third-order valence-corrected chi connectivity index (χ3v) is 2.96. The Morgan fingerprint density at radius 2 is 1.89 bits per heavy atom. The maximum absolute atomic E-state index is 13.7. The molecule has 0 radical (unpaired) electrons. The number of halogens is 2. The highest BCUT2D eigenvalue weighted by molar-refractivity contribution is 6.52. The van der Waals surface area contributed by atoms with Gasteiger partial charge in [-0.2, -0.15) is 0 Å². The van der Waals surface area contributed by atoms with Crippen LogP contribution in [0.4, 0.5) is 14.5 Å². The van der Waals surface area contributed by atoms with Gasteiger partial charge in [0.2, 0.25) is 5.91 Å². The number of hydrogen-bond acceptors (Lipinski definition) is 3. The molecule has 1 heterocycles. The highest BCUT2D eigenvalue weighted by Gasteiger charge is 2.41. The van der Waals surface area contributed by atoms with Crippen LogP contribution in [-0.4, -0.2) is 24.1 Å². The first kappa shape index (κ1) is 13.1. The number of amides is 2. The van der Waals surface area contributed by atoms with Crippen LogP contribution < -0.4 is 10.6 Å². The third kappa shape index (κ3) is 1.96. The smallest absolute Gasteiger partial charge is 0.299 e. The van der Waals surface area contributed by atoms with Gasteiger partial charge in [0.05, 0.1) is 17.2 Å². The standard InChI is InChI=1S/C12H10F2N2O3/c1-5(11(15)18)4-16-9-7(14)3-2-6(13)8(9)10(17)12(16)19/h2-3,5H,4H2,1H3,(H2,15,18). The topological polar surface area (TPSA) is 80.5 Å². The van der Waals surface area contributed by atoms with E-state index in [1.165, 1.54) is 6.92 Å². The van der Waals surface area contributed by atoms with Gasteiger partial charge in [-0.05, 0) is 12.1 Å². The predicted octanol–water partition coefficient (Wildman–Crippen LogP) is 0.616. The van der Waals surface area contributed by atoms with Crippen molar-refractivity contribution in [3.05, 3.63) is 29.3 Å². The highest BCUT2D eigenvalue weighted by Crippen LogP contribution is 2.34. The molecule has 7 heteroatoms. The predicted molar refractivity (Wildman–Crippen MR) is 61.4 cm³/mol. The van der Waals surface area contributed by atoms with Crippen molar-refractivity contribution in [3.8, 4) is 0 Å². The number of carbonyl (C=O) groups excluding carboxylic acids is 3. The quantitative estimate of drug-likeness (QED) is 0.816. The Morgan fingerprint density at radius 1 is 1.32 bits per heavy atom. The van der Waals surface area contributed by atoms with Gasteiger partial charge in [0.15, 0.2) is 0 Å². The summed E-state index contributed by atoms with van der Waals surface area (Å²) in [7, 11) is 0. The molecule has 2 N–H and O–H groups in total. The third-order valence-electron chi connectivity index (χ3n) is 2.96. The lowest BCUT2D eigenvalue weighted by Crippen LogP contribution is -2.38. The van der Waals surface area contributed by atoms with Crippen LogP contribution in [0.15, 0.2) is 12.1 Å². The minimum absolute atomic E-state index is 0.271. The number of ketones is 1. The van der Waals surface area contributed by atoms with E-state index >= 15 is 0 Å². The summed E-state index contributed by atoms with van der Waals surface area (Å²) in [5.41, 5.74) is 4.03. The average Bonchev–Trinajstić information content (AvgIpc) is 2.60. The molecular formula is C12H10F2N2O3. The van der Waals surface area contributed by atoms with Crippen molar-refractivity contribution >= 4 is 23.3 Å². The number of nitrogens with zero attached hydrogens (tertiary/aromatic N) is 1. The van der Waals surface area contributed by atoms with E-state index in [-0.39, 0.29) is 6.54 Å². The van der Waals surface area contributed by atoms with E-state index in [0.717, 1.165) is 17.0 Å². The van der Waals surface area contributed by atoms with Crippen molar-refractivity contribution in [1.82, 2.24) is 0 Å². The maximum Gasteiger partial charge on any atom is 0.299 e. The first-order chi connectivity index (χ1) is 8.84. The molecule has 0 aromatic heterocycles. The molecule has 1 aliphatic rings. The van der Waals surface area contributed by atoms with Crippen molar-refractivity contribution in [1.29, 1.82) is 0 Å². The summed E-state index contributed by atoms with van der Waals surface area (Å²) >= 11 is 0. The zero-order chi connectivity index (χ0) is 14.3. The Hall–Kier alpha value is -2.31. The number of fused-ring (bicyclic) bond motifs is 1. The second-order valence-corrected chi connectivity index (χ2v) is 4.30. The van der Waals surface area contributed by atoms with Gasteiger partial charge >= 0.3 is 0 Å². The Bertz CT molecular complexity index is 601. The Morgan fingerprint density at radius 3 is 2.47 bits per heavy atom. The van der Waals surface area contributed by atoms with Gasteiger partial charge < -0.3 is 10.6 Å². The second-order valence-electron chi connectivity index (χ2n) is 4.30. The fourth-order valence-corrected chi connectivity index (χ4v) is 1.89. The molecular weight excluding hydrogens is 258 g/mol. The lowest BCUT2D eigenvalue weighted by Gasteiger charge is -2.19. The summed E-state index contributed by atoms with van der Waals surface area (Å²) in [5, 5.41) is 0. The fourth-order valence-electron chi connectivity index (χ4n) is 1.89. The number of rotatable bonds is 3. The van der Waals surface area contributed by atoms with E-state index in [9.17, 15) is 23.2 Å². The van der Waals surface area contributed by atoms with Gasteiger partial charge in [0.1, 0.15) is 11.6 Å². The molecule has 2 rings (SSSR count). The van der Waals surface area contributed by atoms with E-state index in [2.05, 4.69) is 0 Å². The van der Waals surface area contributed by atoms with E-state index < -0.39 is 46.4 Å². The van der Waals surface area contributed by atoms with Gasteiger partial charge in [0.25, 0.3) is 11.7 Å². The number of primary amides is 1. The van der Waals surface area contributed by atoms with Gasteiger partial charge in [-0.15, -0.1) is 0 Å². The SMILES string of the molecule is CC(CN1C(=O)C(=O)c2c(F)ccc(F)c21)C(N)=O. The molecule has 0 bridgehead atoms. The number of benzene rings is 1. The molecule has 19 heavy (non-hydrogen) atoms. The molecule has 2 amide bonds. The van der Waals surface area contributed by atoms with E-state index in [1.807, 2.05) is 0 Å². The van der Waals surface area contributed by atoms with E-state index in [1.54, 1.807) is 0 Å². The number of anilines is 1. The summed E-state index contributed by atoms with van der Waals surface area (Å²) in [6.07, 6.45) is 0. The first-order valence-electron chi connectivity index (χ1n) is 5.48. The molecule has 100 valence electrons. The average molecular weight is 268 g/mol. The van der Waals surface area contributed by atoms with Crippen LogP contribution >= 0.6 is 0 Å². The molecule has 1 aromatic carbocycles. The van der Waals surface area contributed by atoms with Crippen LogP contribution in [0.2, 0.25) is 0 Å². The van der Waals surface area contributed by atoms with Crippen LogP contribution in [0.3, 0.4) is 0 Å². The minimum atomic E-state index is -1.12. The number of carbonyl (C=O) groups is 3. The summed E-state index contributed by atoms with van der Waals surface area (Å²) in [6.45, 7) is 1.16. The Balaban J connectivity index is 2.50. The Kier molecular flexibility index (Phi) is 3.05. The highest BCUT2D eigenvalue weighted by atomic mass is 19.1. The normalized spacial score (nSPS) is 15.6. The van der Waals surface area contributed by atoms with Crippen LogP contribution in [0.5, 0.6) is 0 Å². The number of nitrogens with two attached hydrogens (primary N) is 1. The molecule has 0 spiro atoms. The number of Topliss-reactive ketones (excluding diaryl/α,β-unsaturated/α-hetero) is 1. The van der Waals surface area contributed by atoms with Crippen molar-refractivity contribution in [3.63, 3.8) is 0 Å². The lowest BCUT2D eigenvalue weighted by molar-refractivity contribution is -0.121.